The summed E-state index contributed by atoms with van der Waals surface area (Å²) in [6.07, 6.45) is 0. The van der Waals surface area contributed by atoms with Crippen molar-refractivity contribution in [2.24, 2.45) is 0 Å². The van der Waals surface area contributed by atoms with E-state index < -0.39 is 0 Å². The van der Waals surface area contributed by atoms with Crippen LogP contribution in [0.5, 0.6) is 0 Å². The molecule has 0 fully saturated rings. The summed E-state index contributed by atoms with van der Waals surface area (Å²) in [7, 11) is 3.75. The van der Waals surface area contributed by atoms with Gasteiger partial charge in [0.15, 0.2) is 0 Å². The highest BCUT2D eigenvalue weighted by atomic mass is 14.7. The average molecular weight is 92.2 g/mol. The summed E-state index contributed by atoms with van der Waals surface area (Å²) < 4.78 is 0. The summed E-state index contributed by atoms with van der Waals surface area (Å²) in [4.78, 5) is 0. The lowest BCUT2D eigenvalue weighted by Crippen LogP contribution is -1.89. The van der Waals surface area contributed by atoms with E-state index in [4.69, 9.17) is 0 Å². The van der Waals surface area contributed by atoms with Gasteiger partial charge in [-0.2, -0.15) is 0 Å². The summed E-state index contributed by atoms with van der Waals surface area (Å²) in [6, 6.07) is 0. The van der Waals surface area contributed by atoms with Crippen LogP contribution in [-0.2, 0) is 0 Å². The Morgan fingerprint density at radius 1 is 1.00 bits per heavy atom. The lowest BCUT2D eigenvalue weighted by atomic mass is 11.0. The second kappa shape index (κ2) is 89.3. The third-order valence-corrected chi connectivity index (χ3v) is 0. The maximum Gasteiger partial charge on any atom is -0.0167 e. The molecule has 0 aromatic heterocycles. The van der Waals surface area contributed by atoms with Crippen LogP contribution in [0.1, 0.15) is 13.8 Å². The van der Waals surface area contributed by atoms with Crippen LogP contribution in [0.2, 0.25) is 0 Å². The van der Waals surface area contributed by atoms with Crippen LogP contribution >= 0.6 is 0 Å². The third-order valence-electron chi connectivity index (χ3n) is 0. The van der Waals surface area contributed by atoms with Crippen molar-refractivity contribution in [2.45, 2.75) is 13.8 Å². The van der Waals surface area contributed by atoms with Gasteiger partial charge in [0.1, 0.15) is 0 Å². The fraction of sp³-hybridized carbons (Fsp3) is 1.00. The van der Waals surface area contributed by atoms with Crippen molar-refractivity contribution in [3.8, 4) is 0 Å². The highest BCUT2D eigenvalue weighted by Crippen LogP contribution is 1.14. The smallest absolute Gasteiger partial charge is 0.0167 e. The Kier molecular flexibility index (Phi) is 250. The molecule has 42 valence electrons. The second-order valence-corrected chi connectivity index (χ2v) is 0.500. The standard InChI is InChI=1S/C2H7N.C2H6.H3N/c1-3-2;1-2;/h3H,1-2H3;1-2H3;1H3. The van der Waals surface area contributed by atoms with E-state index in [-0.39, 0.29) is 6.15 Å². The Balaban J connectivity index is -0.0000000275. The summed E-state index contributed by atoms with van der Waals surface area (Å²) in [5.74, 6) is 0. The molecule has 6 heavy (non-hydrogen) atoms. The molecule has 4 N–H and O–H groups in total. The molecule has 0 unspecified atom stereocenters. The zero-order valence-electron chi connectivity index (χ0n) is 5.21. The molecule has 0 bridgehead atoms. The molecule has 0 spiro atoms. The Labute approximate surface area is 40.5 Å². The van der Waals surface area contributed by atoms with Gasteiger partial charge in [0, 0.05) is 0 Å². The largest absolute Gasteiger partial charge is 0.344 e. The van der Waals surface area contributed by atoms with Crippen LogP contribution in [0, 0.1) is 0 Å². The first-order chi connectivity index (χ1) is 2.41. The highest BCUT2D eigenvalue weighted by Gasteiger charge is 1.25. The summed E-state index contributed by atoms with van der Waals surface area (Å²) in [6.45, 7) is 4.00. The van der Waals surface area contributed by atoms with Gasteiger partial charge in [0.25, 0.3) is 0 Å². The third kappa shape index (κ3) is 5220. The highest BCUT2D eigenvalue weighted by molar-refractivity contribution is 3.91. The zero-order chi connectivity index (χ0) is 4.71. The van der Waals surface area contributed by atoms with E-state index >= 15 is 0 Å². The molecule has 0 radical (unpaired) electrons. The van der Waals surface area contributed by atoms with Crippen molar-refractivity contribution in [3.63, 3.8) is 0 Å². The molecule has 0 amide bonds. The molecule has 0 rings (SSSR count). The minimum atomic E-state index is 0. The van der Waals surface area contributed by atoms with Gasteiger partial charge in [-0.25, -0.2) is 0 Å². The Bertz CT molecular complexity index is 5.51. The van der Waals surface area contributed by atoms with Gasteiger partial charge in [0.05, 0.1) is 0 Å². The lowest BCUT2D eigenvalue weighted by molar-refractivity contribution is 1.02. The van der Waals surface area contributed by atoms with Gasteiger partial charge >= 0.3 is 0 Å². The molecule has 0 saturated heterocycles. The van der Waals surface area contributed by atoms with Crippen molar-refractivity contribution in [1.82, 2.24) is 11.5 Å². The van der Waals surface area contributed by atoms with Gasteiger partial charge in [-0.3, -0.25) is 0 Å². The van der Waals surface area contributed by atoms with Crippen LogP contribution in [0.4, 0.5) is 0 Å². The first-order valence-electron chi connectivity index (χ1n) is 2.00. The minimum absolute atomic E-state index is 0. The Morgan fingerprint density at radius 2 is 1.00 bits per heavy atom. The first-order valence-corrected chi connectivity index (χ1v) is 2.00. The maximum atomic E-state index is 2.75. The van der Waals surface area contributed by atoms with E-state index in [0.717, 1.165) is 0 Å². The molecule has 0 aromatic carbocycles. The van der Waals surface area contributed by atoms with Crippen molar-refractivity contribution in [2.75, 3.05) is 14.1 Å². The fourth-order valence-electron chi connectivity index (χ4n) is 0. The van der Waals surface area contributed by atoms with Crippen molar-refractivity contribution >= 4 is 0 Å². The molecule has 0 saturated carbocycles. The van der Waals surface area contributed by atoms with Crippen molar-refractivity contribution < 1.29 is 0 Å². The first kappa shape index (κ1) is 16.8. The van der Waals surface area contributed by atoms with Gasteiger partial charge in [-0.05, 0) is 14.1 Å². The van der Waals surface area contributed by atoms with Gasteiger partial charge in [-0.15, -0.1) is 0 Å². The molecular formula is C4H16N2. The van der Waals surface area contributed by atoms with Crippen molar-refractivity contribution in [3.05, 3.63) is 0 Å². The topological polar surface area (TPSA) is 47.0 Å². The maximum absolute atomic E-state index is 2.75. The summed E-state index contributed by atoms with van der Waals surface area (Å²) in [5, 5.41) is 2.75. The predicted octanol–water partition coefficient (Wildman–Crippen LogP) is 1.02. The SMILES string of the molecule is CC.CNC.N. The van der Waals surface area contributed by atoms with Crippen LogP contribution in [-0.4, -0.2) is 14.1 Å². The molecule has 2 heteroatoms. The number of nitrogens with one attached hydrogen (secondary N) is 1. The molecular weight excluding hydrogens is 76.1 g/mol. The van der Waals surface area contributed by atoms with Crippen LogP contribution in [0.3, 0.4) is 0 Å². The molecule has 0 aromatic rings. The molecule has 0 aliphatic rings. The van der Waals surface area contributed by atoms with E-state index in [1.165, 1.54) is 0 Å². The number of hydrogen-bond acceptors (Lipinski definition) is 2. The number of hydrogen-bond donors (Lipinski definition) is 2. The van der Waals surface area contributed by atoms with Gasteiger partial charge in [0.2, 0.25) is 0 Å². The molecule has 0 aliphatic heterocycles. The Hall–Kier alpha value is -0.0800. The van der Waals surface area contributed by atoms with Crippen LogP contribution in [0.15, 0.2) is 0 Å². The van der Waals surface area contributed by atoms with E-state index in [2.05, 4.69) is 5.32 Å². The molecule has 0 aliphatic carbocycles. The zero-order valence-corrected chi connectivity index (χ0v) is 5.21. The van der Waals surface area contributed by atoms with E-state index in [1.807, 2.05) is 27.9 Å². The quantitative estimate of drug-likeness (QED) is 0.468. The van der Waals surface area contributed by atoms with E-state index in [0.29, 0.717) is 0 Å². The summed E-state index contributed by atoms with van der Waals surface area (Å²) in [5.41, 5.74) is 0. The summed E-state index contributed by atoms with van der Waals surface area (Å²) >= 11 is 0. The monoisotopic (exact) mass is 92.1 g/mol. The minimum Gasteiger partial charge on any atom is -0.344 e. The normalized spacial score (nSPS) is 4.00. The lowest BCUT2D eigenvalue weighted by Gasteiger charge is -1.59. The number of rotatable bonds is 0. The van der Waals surface area contributed by atoms with Gasteiger partial charge < -0.3 is 11.5 Å². The predicted molar refractivity (Wildman–Crippen MR) is 31.4 cm³/mol. The van der Waals surface area contributed by atoms with E-state index in [9.17, 15) is 0 Å². The van der Waals surface area contributed by atoms with Gasteiger partial charge in [-0.1, -0.05) is 13.8 Å². The fourth-order valence-corrected chi connectivity index (χ4v) is 0. The van der Waals surface area contributed by atoms with Crippen LogP contribution < -0.4 is 11.5 Å². The van der Waals surface area contributed by atoms with Crippen molar-refractivity contribution in [1.29, 1.82) is 0 Å². The van der Waals surface area contributed by atoms with E-state index in [1.54, 1.807) is 0 Å². The van der Waals surface area contributed by atoms with Crippen LogP contribution in [0.25, 0.3) is 0 Å². The Morgan fingerprint density at radius 3 is 1.00 bits per heavy atom. The molecule has 0 heterocycles. The molecule has 2 nitrogen and oxygen atoms in total. The second-order valence-electron chi connectivity index (χ2n) is 0.500. The molecule has 0 atom stereocenters. The average Bonchev–Trinajstić information content (AvgIpc) is 1.46.